The van der Waals surface area contributed by atoms with Gasteiger partial charge in [-0.25, -0.2) is 9.78 Å². The van der Waals surface area contributed by atoms with Crippen molar-refractivity contribution in [3.05, 3.63) is 22.8 Å². The lowest BCUT2D eigenvalue weighted by Gasteiger charge is -2.27. The second-order valence-corrected chi connectivity index (χ2v) is 5.23. The Morgan fingerprint density at radius 2 is 2.33 bits per heavy atom. The molecule has 0 N–H and O–H groups in total. The average molecular weight is 269 g/mol. The molecule has 0 bridgehead atoms. The number of nitrogens with zero attached hydrogens (tertiary/aromatic N) is 2. The van der Waals surface area contributed by atoms with Crippen molar-refractivity contribution in [2.24, 2.45) is 5.92 Å². The van der Waals surface area contributed by atoms with Gasteiger partial charge in [0.15, 0.2) is 0 Å². The Morgan fingerprint density at radius 1 is 1.56 bits per heavy atom. The van der Waals surface area contributed by atoms with Crippen molar-refractivity contribution < 1.29 is 9.53 Å². The molecule has 1 aliphatic heterocycles. The van der Waals surface area contributed by atoms with Crippen LogP contribution >= 0.6 is 11.6 Å². The number of carbonyl (C=O) groups excluding carboxylic acids is 1. The highest BCUT2D eigenvalue weighted by atomic mass is 35.5. The molecule has 1 amide bonds. The number of anilines is 1. The lowest BCUT2D eigenvalue weighted by Crippen LogP contribution is -2.37. The van der Waals surface area contributed by atoms with E-state index in [4.69, 9.17) is 16.3 Å². The summed E-state index contributed by atoms with van der Waals surface area (Å²) >= 11 is 5.88. The number of carbonyl (C=O) groups is 1. The van der Waals surface area contributed by atoms with Gasteiger partial charge in [0.1, 0.15) is 11.0 Å². The normalized spacial score (nSPS) is 14.6. The van der Waals surface area contributed by atoms with E-state index in [9.17, 15) is 4.79 Å². The standard InChI is InChI=1S/C13H17ClN2O2/c1-9(2)8-18-13(17)16-7-3-4-10-5-6-11(14)15-12(10)16/h5-6,9H,3-4,7-8H2,1-2H3. The smallest absolute Gasteiger partial charge is 0.415 e. The van der Waals surface area contributed by atoms with Crippen molar-refractivity contribution >= 4 is 23.5 Å². The van der Waals surface area contributed by atoms with E-state index >= 15 is 0 Å². The summed E-state index contributed by atoms with van der Waals surface area (Å²) in [5.74, 6) is 0.966. The minimum atomic E-state index is -0.334. The summed E-state index contributed by atoms with van der Waals surface area (Å²) in [5, 5.41) is 0.400. The molecule has 5 heteroatoms. The van der Waals surface area contributed by atoms with Crippen LogP contribution in [0.4, 0.5) is 10.6 Å². The molecule has 1 aliphatic rings. The number of hydrogen-bond donors (Lipinski definition) is 0. The first-order chi connectivity index (χ1) is 8.58. The van der Waals surface area contributed by atoms with Crippen LogP contribution in [0, 0.1) is 5.92 Å². The number of rotatable bonds is 2. The van der Waals surface area contributed by atoms with Crippen LogP contribution in [-0.4, -0.2) is 24.2 Å². The molecule has 98 valence electrons. The third-order valence-electron chi connectivity index (χ3n) is 2.77. The molecule has 0 spiro atoms. The zero-order chi connectivity index (χ0) is 13.1. The highest BCUT2D eigenvalue weighted by Gasteiger charge is 2.25. The fourth-order valence-electron chi connectivity index (χ4n) is 1.91. The fourth-order valence-corrected chi connectivity index (χ4v) is 2.05. The molecule has 4 nitrogen and oxygen atoms in total. The number of halogens is 1. The number of fused-ring (bicyclic) bond motifs is 1. The van der Waals surface area contributed by atoms with Gasteiger partial charge < -0.3 is 4.74 Å². The Balaban J connectivity index is 2.16. The molecule has 0 saturated heterocycles. The first-order valence-electron chi connectivity index (χ1n) is 6.17. The number of pyridine rings is 1. The SMILES string of the molecule is CC(C)COC(=O)N1CCCc2ccc(Cl)nc21. The van der Waals surface area contributed by atoms with E-state index in [-0.39, 0.29) is 6.09 Å². The van der Waals surface area contributed by atoms with E-state index in [0.29, 0.717) is 30.0 Å². The third-order valence-corrected chi connectivity index (χ3v) is 2.98. The van der Waals surface area contributed by atoms with Gasteiger partial charge in [-0.05, 0) is 30.4 Å². The highest BCUT2D eigenvalue weighted by Crippen LogP contribution is 2.27. The van der Waals surface area contributed by atoms with E-state index in [1.165, 1.54) is 0 Å². The molecule has 0 aromatic carbocycles. The van der Waals surface area contributed by atoms with Crippen LogP contribution in [0.15, 0.2) is 12.1 Å². The minimum Gasteiger partial charge on any atom is -0.449 e. The van der Waals surface area contributed by atoms with E-state index in [2.05, 4.69) is 4.98 Å². The van der Waals surface area contributed by atoms with E-state index in [0.717, 1.165) is 18.4 Å². The van der Waals surface area contributed by atoms with Crippen LogP contribution in [0.5, 0.6) is 0 Å². The van der Waals surface area contributed by atoms with Gasteiger partial charge >= 0.3 is 6.09 Å². The predicted molar refractivity (Wildman–Crippen MR) is 71.1 cm³/mol. The van der Waals surface area contributed by atoms with Gasteiger partial charge in [-0.3, -0.25) is 4.90 Å². The molecule has 0 aliphatic carbocycles. The number of ether oxygens (including phenoxy) is 1. The van der Waals surface area contributed by atoms with E-state index in [1.54, 1.807) is 11.0 Å². The van der Waals surface area contributed by atoms with Crippen LogP contribution in [0.2, 0.25) is 5.15 Å². The van der Waals surface area contributed by atoms with E-state index < -0.39 is 0 Å². The molecule has 0 radical (unpaired) electrons. The van der Waals surface area contributed by atoms with Gasteiger partial charge in [-0.15, -0.1) is 0 Å². The van der Waals surface area contributed by atoms with Crippen LogP contribution in [0.3, 0.4) is 0 Å². The molecule has 2 heterocycles. The maximum Gasteiger partial charge on any atom is 0.415 e. The predicted octanol–water partition coefficient (Wildman–Crippen LogP) is 3.28. The number of aromatic nitrogens is 1. The van der Waals surface area contributed by atoms with Gasteiger partial charge in [0.05, 0.1) is 6.61 Å². The van der Waals surface area contributed by atoms with Crippen molar-refractivity contribution in [3.63, 3.8) is 0 Å². The number of amides is 1. The first-order valence-corrected chi connectivity index (χ1v) is 6.55. The summed E-state index contributed by atoms with van der Waals surface area (Å²) < 4.78 is 5.24. The summed E-state index contributed by atoms with van der Waals surface area (Å²) in [5.41, 5.74) is 1.05. The van der Waals surface area contributed by atoms with Crippen LogP contribution in [0.25, 0.3) is 0 Å². The molecular weight excluding hydrogens is 252 g/mol. The van der Waals surface area contributed by atoms with Gasteiger partial charge in [0.25, 0.3) is 0 Å². The topological polar surface area (TPSA) is 42.4 Å². The summed E-state index contributed by atoms with van der Waals surface area (Å²) in [6, 6.07) is 3.68. The lowest BCUT2D eigenvalue weighted by molar-refractivity contribution is 0.139. The molecule has 1 aromatic rings. The van der Waals surface area contributed by atoms with Gasteiger partial charge in [0.2, 0.25) is 0 Å². The minimum absolute atomic E-state index is 0.325. The Labute approximate surface area is 112 Å². The Morgan fingerprint density at radius 3 is 3.06 bits per heavy atom. The summed E-state index contributed by atoms with van der Waals surface area (Å²) in [6.45, 7) is 5.07. The maximum atomic E-state index is 12.0. The third kappa shape index (κ3) is 2.93. The van der Waals surface area contributed by atoms with Crippen molar-refractivity contribution in [1.29, 1.82) is 0 Å². The van der Waals surface area contributed by atoms with Crippen LogP contribution in [-0.2, 0) is 11.2 Å². The molecule has 0 atom stereocenters. The van der Waals surface area contributed by atoms with Crippen molar-refractivity contribution in [1.82, 2.24) is 4.98 Å². The summed E-state index contributed by atoms with van der Waals surface area (Å²) in [6.07, 6.45) is 1.51. The zero-order valence-electron chi connectivity index (χ0n) is 10.6. The summed E-state index contributed by atoms with van der Waals surface area (Å²) in [4.78, 5) is 17.8. The van der Waals surface area contributed by atoms with Crippen molar-refractivity contribution in [2.75, 3.05) is 18.1 Å². The Hall–Kier alpha value is -1.29. The maximum absolute atomic E-state index is 12.0. The molecular formula is C13H17ClN2O2. The van der Waals surface area contributed by atoms with Crippen LogP contribution < -0.4 is 4.90 Å². The summed E-state index contributed by atoms with van der Waals surface area (Å²) in [7, 11) is 0. The Bertz CT molecular complexity index is 449. The number of hydrogen-bond acceptors (Lipinski definition) is 3. The van der Waals surface area contributed by atoms with Gasteiger partial charge in [0, 0.05) is 6.54 Å². The highest BCUT2D eigenvalue weighted by molar-refractivity contribution is 6.29. The van der Waals surface area contributed by atoms with Gasteiger partial charge in [-0.2, -0.15) is 0 Å². The lowest BCUT2D eigenvalue weighted by atomic mass is 10.1. The largest absolute Gasteiger partial charge is 0.449 e. The molecule has 0 fully saturated rings. The molecule has 0 saturated carbocycles. The second kappa shape index (κ2) is 5.57. The van der Waals surface area contributed by atoms with Crippen molar-refractivity contribution in [2.45, 2.75) is 26.7 Å². The monoisotopic (exact) mass is 268 g/mol. The second-order valence-electron chi connectivity index (χ2n) is 4.84. The van der Waals surface area contributed by atoms with Crippen molar-refractivity contribution in [3.8, 4) is 0 Å². The molecule has 18 heavy (non-hydrogen) atoms. The van der Waals surface area contributed by atoms with Crippen LogP contribution in [0.1, 0.15) is 25.8 Å². The fraction of sp³-hybridized carbons (Fsp3) is 0.538. The Kier molecular flexibility index (Phi) is 4.07. The number of aryl methyl sites for hydroxylation is 1. The van der Waals surface area contributed by atoms with Gasteiger partial charge in [-0.1, -0.05) is 31.5 Å². The first kappa shape index (κ1) is 13.1. The average Bonchev–Trinajstić information content (AvgIpc) is 2.35. The quantitative estimate of drug-likeness (QED) is 0.773. The molecule has 1 aromatic heterocycles. The van der Waals surface area contributed by atoms with E-state index in [1.807, 2.05) is 19.9 Å². The molecule has 0 unspecified atom stereocenters. The molecule has 2 rings (SSSR count). The zero-order valence-corrected chi connectivity index (χ0v) is 11.4.